The lowest BCUT2D eigenvalue weighted by molar-refractivity contribution is 0.0729. The number of ether oxygens (including phenoxy) is 1. The van der Waals surface area contributed by atoms with Gasteiger partial charge >= 0.3 is 0 Å². The summed E-state index contributed by atoms with van der Waals surface area (Å²) in [6.45, 7) is 4.88. The summed E-state index contributed by atoms with van der Waals surface area (Å²) in [6.07, 6.45) is 3.30. The van der Waals surface area contributed by atoms with Crippen molar-refractivity contribution in [3.63, 3.8) is 0 Å². The molecule has 1 aromatic rings. The number of carbonyl (C=O) groups excluding carboxylic acids is 1. The average molecular weight is 367 g/mol. The highest BCUT2D eigenvalue weighted by Gasteiger charge is 2.28. The first-order valence-electron chi connectivity index (χ1n) is 8.73. The van der Waals surface area contributed by atoms with Gasteiger partial charge in [0, 0.05) is 31.7 Å². The molecule has 0 saturated carbocycles. The quantitative estimate of drug-likeness (QED) is 0.864. The highest BCUT2D eigenvalue weighted by atomic mass is 32.2. The summed E-state index contributed by atoms with van der Waals surface area (Å²) in [5, 5.41) is 1.90. The Morgan fingerprint density at radius 3 is 2.44 bits per heavy atom. The Hall–Kier alpha value is -1.48. The largest absolute Gasteiger partial charge is 0.379 e. The molecule has 0 spiro atoms. The number of piperidine rings is 1. The van der Waals surface area contributed by atoms with Gasteiger partial charge in [-0.2, -0.15) is 4.31 Å². The van der Waals surface area contributed by atoms with E-state index >= 15 is 0 Å². The zero-order valence-corrected chi connectivity index (χ0v) is 15.3. The maximum absolute atomic E-state index is 12.9. The van der Waals surface area contributed by atoms with Gasteiger partial charge in [0.15, 0.2) is 0 Å². The van der Waals surface area contributed by atoms with Crippen molar-refractivity contribution >= 4 is 15.9 Å². The van der Waals surface area contributed by atoms with Crippen LogP contribution in [-0.2, 0) is 14.8 Å². The summed E-state index contributed by atoms with van der Waals surface area (Å²) >= 11 is 0. The van der Waals surface area contributed by atoms with E-state index in [0.29, 0.717) is 37.4 Å². The second kappa shape index (κ2) is 7.82. The number of morpholine rings is 1. The number of rotatable bonds is 4. The minimum Gasteiger partial charge on any atom is -0.379 e. The minimum absolute atomic E-state index is 0.195. The van der Waals surface area contributed by atoms with Crippen LogP contribution in [0, 0.1) is 6.92 Å². The molecule has 0 unspecified atom stereocenters. The number of amides is 1. The SMILES string of the molecule is Cc1ccc(C(=O)NN2CCCCC2)cc1S(=O)(=O)N1CCOCC1. The first-order valence-corrected chi connectivity index (χ1v) is 10.2. The van der Waals surface area contributed by atoms with E-state index in [4.69, 9.17) is 4.74 Å². The van der Waals surface area contributed by atoms with Crippen LogP contribution in [0.5, 0.6) is 0 Å². The Kier molecular flexibility index (Phi) is 5.73. The van der Waals surface area contributed by atoms with Gasteiger partial charge in [-0.15, -0.1) is 0 Å². The van der Waals surface area contributed by atoms with Crippen LogP contribution >= 0.6 is 0 Å². The first-order chi connectivity index (χ1) is 12.0. The number of hydrogen-bond donors (Lipinski definition) is 1. The number of hydrogen-bond acceptors (Lipinski definition) is 5. The molecule has 0 bridgehead atoms. The van der Waals surface area contributed by atoms with Crippen molar-refractivity contribution in [1.82, 2.24) is 14.7 Å². The van der Waals surface area contributed by atoms with Gasteiger partial charge < -0.3 is 4.74 Å². The van der Waals surface area contributed by atoms with Crippen LogP contribution in [0.4, 0.5) is 0 Å². The molecule has 3 rings (SSSR count). The summed E-state index contributed by atoms with van der Waals surface area (Å²) < 4.78 is 32.5. The smallest absolute Gasteiger partial charge is 0.265 e. The van der Waals surface area contributed by atoms with E-state index < -0.39 is 10.0 Å². The molecule has 7 nitrogen and oxygen atoms in total. The number of sulfonamides is 1. The fourth-order valence-electron chi connectivity index (χ4n) is 3.16. The maximum atomic E-state index is 12.9. The van der Waals surface area contributed by atoms with Crippen LogP contribution in [0.3, 0.4) is 0 Å². The molecule has 8 heteroatoms. The molecule has 2 saturated heterocycles. The molecule has 1 amide bonds. The van der Waals surface area contributed by atoms with E-state index in [1.54, 1.807) is 19.1 Å². The number of carbonyl (C=O) groups is 1. The standard InChI is InChI=1S/C17H25N3O4S/c1-14-5-6-15(17(21)18-19-7-3-2-4-8-19)13-16(14)25(22,23)20-9-11-24-12-10-20/h5-6,13H,2-4,7-12H2,1H3,(H,18,21). The van der Waals surface area contributed by atoms with Crippen molar-refractivity contribution in [3.05, 3.63) is 29.3 Å². The molecular formula is C17H25N3O4S. The molecule has 138 valence electrons. The molecule has 2 aliphatic rings. The molecule has 2 aliphatic heterocycles. The fraction of sp³-hybridized carbons (Fsp3) is 0.588. The lowest BCUT2D eigenvalue weighted by Gasteiger charge is -2.28. The molecule has 2 fully saturated rings. The summed E-state index contributed by atoms with van der Waals surface area (Å²) in [4.78, 5) is 12.7. The molecule has 2 heterocycles. The van der Waals surface area contributed by atoms with Gasteiger partial charge in [0.1, 0.15) is 0 Å². The molecule has 0 aliphatic carbocycles. The van der Waals surface area contributed by atoms with Crippen LogP contribution < -0.4 is 5.43 Å². The van der Waals surface area contributed by atoms with Gasteiger partial charge in [0.25, 0.3) is 5.91 Å². The fourth-order valence-corrected chi connectivity index (χ4v) is 4.82. The van der Waals surface area contributed by atoms with Gasteiger partial charge in [0.2, 0.25) is 10.0 Å². The number of nitrogens with zero attached hydrogens (tertiary/aromatic N) is 2. The predicted octanol–water partition coefficient (Wildman–Crippen LogP) is 1.15. The van der Waals surface area contributed by atoms with Crippen molar-refractivity contribution in [3.8, 4) is 0 Å². The zero-order valence-electron chi connectivity index (χ0n) is 14.5. The van der Waals surface area contributed by atoms with Gasteiger partial charge in [0.05, 0.1) is 18.1 Å². The van der Waals surface area contributed by atoms with Crippen molar-refractivity contribution < 1.29 is 17.9 Å². The van der Waals surface area contributed by atoms with Crippen LogP contribution in [0.2, 0.25) is 0 Å². The summed E-state index contributed by atoms with van der Waals surface area (Å²) in [7, 11) is -3.62. The lowest BCUT2D eigenvalue weighted by atomic mass is 10.1. The number of hydrazine groups is 1. The van der Waals surface area contributed by atoms with E-state index in [0.717, 1.165) is 25.9 Å². The van der Waals surface area contributed by atoms with Crippen molar-refractivity contribution in [2.75, 3.05) is 39.4 Å². The van der Waals surface area contributed by atoms with Crippen LogP contribution in [-0.4, -0.2) is 63.0 Å². The van der Waals surface area contributed by atoms with Crippen LogP contribution in [0.25, 0.3) is 0 Å². The summed E-state index contributed by atoms with van der Waals surface area (Å²) in [5.74, 6) is -0.264. The van der Waals surface area contributed by atoms with E-state index in [1.165, 1.54) is 16.8 Å². The van der Waals surface area contributed by atoms with Gasteiger partial charge in [-0.3, -0.25) is 10.2 Å². The Bertz CT molecular complexity index is 723. The van der Waals surface area contributed by atoms with Crippen molar-refractivity contribution in [1.29, 1.82) is 0 Å². The second-order valence-electron chi connectivity index (χ2n) is 6.49. The third-order valence-electron chi connectivity index (χ3n) is 4.65. The van der Waals surface area contributed by atoms with E-state index in [1.807, 2.05) is 5.01 Å². The minimum atomic E-state index is -3.62. The molecule has 0 radical (unpaired) electrons. The van der Waals surface area contributed by atoms with Crippen LogP contribution in [0.15, 0.2) is 23.1 Å². The summed E-state index contributed by atoms with van der Waals surface area (Å²) in [5.41, 5.74) is 3.88. The molecule has 25 heavy (non-hydrogen) atoms. The molecule has 0 aromatic heterocycles. The Balaban J connectivity index is 1.81. The Morgan fingerprint density at radius 1 is 1.08 bits per heavy atom. The predicted molar refractivity (Wildman–Crippen MR) is 93.6 cm³/mol. The highest BCUT2D eigenvalue weighted by molar-refractivity contribution is 7.89. The molecular weight excluding hydrogens is 342 g/mol. The first kappa shape index (κ1) is 18.3. The van der Waals surface area contributed by atoms with Crippen molar-refractivity contribution in [2.45, 2.75) is 31.1 Å². The Morgan fingerprint density at radius 2 is 1.76 bits per heavy atom. The second-order valence-corrected chi connectivity index (χ2v) is 8.39. The summed E-state index contributed by atoms with van der Waals surface area (Å²) in [6, 6.07) is 4.85. The highest BCUT2D eigenvalue weighted by Crippen LogP contribution is 2.22. The number of aryl methyl sites for hydroxylation is 1. The van der Waals surface area contributed by atoms with E-state index in [2.05, 4.69) is 5.43 Å². The van der Waals surface area contributed by atoms with Crippen molar-refractivity contribution in [2.24, 2.45) is 0 Å². The number of benzene rings is 1. The Labute approximate surface area is 149 Å². The maximum Gasteiger partial charge on any atom is 0.265 e. The van der Waals surface area contributed by atoms with E-state index in [9.17, 15) is 13.2 Å². The van der Waals surface area contributed by atoms with Gasteiger partial charge in [-0.1, -0.05) is 12.5 Å². The molecule has 1 aromatic carbocycles. The normalized spacial score (nSPS) is 20.4. The van der Waals surface area contributed by atoms with Gasteiger partial charge in [-0.25, -0.2) is 13.4 Å². The number of nitrogens with one attached hydrogen (secondary N) is 1. The van der Waals surface area contributed by atoms with Gasteiger partial charge in [-0.05, 0) is 37.5 Å². The third kappa shape index (κ3) is 4.20. The average Bonchev–Trinajstić information content (AvgIpc) is 2.63. The third-order valence-corrected chi connectivity index (χ3v) is 6.69. The monoisotopic (exact) mass is 367 g/mol. The lowest BCUT2D eigenvalue weighted by Crippen LogP contribution is -2.45. The van der Waals surface area contributed by atoms with Crippen LogP contribution in [0.1, 0.15) is 35.2 Å². The topological polar surface area (TPSA) is 79.0 Å². The molecule has 0 atom stereocenters. The molecule has 1 N–H and O–H groups in total. The van der Waals surface area contributed by atoms with E-state index in [-0.39, 0.29) is 10.8 Å². The zero-order chi connectivity index (χ0) is 17.9.